The van der Waals surface area contributed by atoms with Crippen molar-refractivity contribution in [2.45, 2.75) is 148 Å². The van der Waals surface area contributed by atoms with E-state index in [1.807, 2.05) is 0 Å². The molecule has 1 fully saturated rings. The maximum Gasteiger partial charge on any atom is 2.00 e. The Morgan fingerprint density at radius 3 is 1.07 bits per heavy atom. The molecule has 0 spiro atoms. The van der Waals surface area contributed by atoms with Crippen LogP contribution in [0.25, 0.3) is 0 Å². The van der Waals surface area contributed by atoms with Crippen LogP contribution in [0.5, 0.6) is 0 Å². The van der Waals surface area contributed by atoms with Gasteiger partial charge in [-0.3, -0.25) is 0 Å². The molecule has 0 radical (unpaired) electrons. The van der Waals surface area contributed by atoms with E-state index in [4.69, 9.17) is 0 Å². The fourth-order valence-electron chi connectivity index (χ4n) is 3.70. The van der Waals surface area contributed by atoms with Crippen molar-refractivity contribution in [3.05, 3.63) is 0 Å². The Morgan fingerprint density at radius 1 is 0.556 bits per heavy atom. The van der Waals surface area contributed by atoms with Crippen LogP contribution in [0.2, 0.25) is 0 Å². The third-order valence-corrected chi connectivity index (χ3v) is 5.48. The van der Waals surface area contributed by atoms with Gasteiger partial charge in [-0.25, -0.2) is 0 Å². The Kier molecular flexibility index (Phi) is 28.3. The Bertz CT molecular complexity index is 266. The molecule has 2 nitrogen and oxygen atoms in total. The first-order valence-electron chi connectivity index (χ1n) is 12.0. The standard InChI is InChI=1S/C18H36O2.C6H12.Zn/c1-2-3-4-5-6-7-8-9-10-11-12-13-14-15-16-17-18(19)20;1-2-4-6-5-3-1;/h2-17H2,1H3,(H,19,20);1-6H2;/q;;+2/p-1. The maximum atomic E-state index is 10.2. The smallest absolute Gasteiger partial charge is 0.550 e. The van der Waals surface area contributed by atoms with Crippen LogP contribution in [0.1, 0.15) is 148 Å². The van der Waals surface area contributed by atoms with E-state index in [9.17, 15) is 9.90 Å². The summed E-state index contributed by atoms with van der Waals surface area (Å²) in [5, 5.41) is 10.2. The van der Waals surface area contributed by atoms with Crippen molar-refractivity contribution in [2.24, 2.45) is 0 Å². The van der Waals surface area contributed by atoms with E-state index in [0.717, 1.165) is 12.8 Å². The maximum absolute atomic E-state index is 10.2. The molecule has 27 heavy (non-hydrogen) atoms. The number of carbonyl (C=O) groups is 1. The average molecular weight is 433 g/mol. The van der Waals surface area contributed by atoms with Gasteiger partial charge in [0, 0.05) is 5.97 Å². The SMILES string of the molecule is C1CCCCC1.CCCCCCCCCCCCCCCCCC(=O)[O-].[Zn+2]. The Morgan fingerprint density at radius 2 is 0.815 bits per heavy atom. The minimum absolute atomic E-state index is 0. The zero-order valence-electron chi connectivity index (χ0n) is 18.6. The molecule has 1 rings (SSSR count). The third-order valence-electron chi connectivity index (χ3n) is 5.48. The van der Waals surface area contributed by atoms with E-state index in [1.54, 1.807) is 0 Å². The number of hydrogen-bond donors (Lipinski definition) is 0. The van der Waals surface area contributed by atoms with E-state index in [-0.39, 0.29) is 25.9 Å². The van der Waals surface area contributed by atoms with Gasteiger partial charge in [-0.1, -0.05) is 135 Å². The summed E-state index contributed by atoms with van der Waals surface area (Å²) in [6, 6.07) is 0. The summed E-state index contributed by atoms with van der Waals surface area (Å²) in [5.41, 5.74) is 0. The predicted octanol–water partition coefficient (Wildman–Crippen LogP) is 7.34. The minimum atomic E-state index is -0.903. The fourth-order valence-corrected chi connectivity index (χ4v) is 3.70. The molecule has 0 atom stereocenters. The molecule has 0 bridgehead atoms. The molecule has 0 aliphatic heterocycles. The van der Waals surface area contributed by atoms with Crippen LogP contribution in [0.15, 0.2) is 0 Å². The molecule has 3 heteroatoms. The molecule has 0 aromatic carbocycles. The van der Waals surface area contributed by atoms with E-state index >= 15 is 0 Å². The first-order valence-corrected chi connectivity index (χ1v) is 12.0. The van der Waals surface area contributed by atoms with E-state index in [2.05, 4.69) is 6.92 Å². The Labute approximate surface area is 183 Å². The van der Waals surface area contributed by atoms with Gasteiger partial charge in [-0.05, 0) is 12.8 Å². The molecule has 0 N–H and O–H groups in total. The summed E-state index contributed by atoms with van der Waals surface area (Å²) in [6.45, 7) is 2.27. The summed E-state index contributed by atoms with van der Waals surface area (Å²) in [6.07, 6.45) is 28.9. The Balaban J connectivity index is 0. The van der Waals surface area contributed by atoms with Gasteiger partial charge in [0.15, 0.2) is 0 Å². The molecule has 156 valence electrons. The number of rotatable bonds is 16. The molecule has 0 unspecified atom stereocenters. The number of aliphatic carboxylic acids is 1. The second-order valence-electron chi connectivity index (χ2n) is 8.19. The van der Waals surface area contributed by atoms with Gasteiger partial charge in [0.2, 0.25) is 0 Å². The zero-order chi connectivity index (χ0) is 19.1. The van der Waals surface area contributed by atoms with Gasteiger partial charge in [0.05, 0.1) is 0 Å². The Hall–Kier alpha value is 0.0934. The average Bonchev–Trinajstić information content (AvgIpc) is 2.66. The predicted molar refractivity (Wildman–Crippen MR) is 112 cm³/mol. The number of carboxylic acid groups (broad SMARTS) is 1. The molecule has 0 aromatic heterocycles. The van der Waals surface area contributed by atoms with Crippen LogP contribution in [-0.2, 0) is 24.3 Å². The molecule has 1 aliphatic carbocycles. The van der Waals surface area contributed by atoms with Gasteiger partial charge in [-0.2, -0.15) is 0 Å². The first-order chi connectivity index (χ1) is 12.8. The number of unbranched alkanes of at least 4 members (excludes halogenated alkanes) is 14. The first kappa shape index (κ1) is 29.3. The summed E-state index contributed by atoms with van der Waals surface area (Å²) >= 11 is 0. The normalized spacial score (nSPS) is 13.4. The van der Waals surface area contributed by atoms with Gasteiger partial charge in [0.1, 0.15) is 0 Å². The van der Waals surface area contributed by atoms with Crippen molar-refractivity contribution >= 4 is 5.97 Å². The van der Waals surface area contributed by atoms with E-state index in [0.29, 0.717) is 0 Å². The van der Waals surface area contributed by atoms with Gasteiger partial charge in [-0.15, -0.1) is 0 Å². The van der Waals surface area contributed by atoms with Crippen LogP contribution in [0.3, 0.4) is 0 Å². The monoisotopic (exact) mass is 431 g/mol. The summed E-state index contributed by atoms with van der Waals surface area (Å²) in [5.74, 6) is -0.903. The molecule has 0 heterocycles. The zero-order valence-corrected chi connectivity index (χ0v) is 21.5. The van der Waals surface area contributed by atoms with Crippen LogP contribution in [0.4, 0.5) is 0 Å². The van der Waals surface area contributed by atoms with E-state index < -0.39 is 5.97 Å². The van der Waals surface area contributed by atoms with Crippen molar-refractivity contribution in [3.8, 4) is 0 Å². The molecule has 0 aromatic rings. The van der Waals surface area contributed by atoms with Gasteiger partial charge in [0.25, 0.3) is 0 Å². The van der Waals surface area contributed by atoms with Gasteiger partial charge >= 0.3 is 19.5 Å². The van der Waals surface area contributed by atoms with Crippen molar-refractivity contribution in [2.75, 3.05) is 0 Å². The van der Waals surface area contributed by atoms with E-state index in [1.165, 1.54) is 122 Å². The summed E-state index contributed by atoms with van der Waals surface area (Å²) in [7, 11) is 0. The van der Waals surface area contributed by atoms with Crippen LogP contribution in [-0.4, -0.2) is 5.97 Å². The second kappa shape index (κ2) is 26.1. The number of carbonyl (C=O) groups excluding carboxylic acids is 1. The third kappa shape index (κ3) is 28.4. The van der Waals surface area contributed by atoms with Crippen molar-refractivity contribution in [3.63, 3.8) is 0 Å². The molecular formula is C24H47O2Zn+. The molecule has 0 saturated heterocycles. The molecule has 1 saturated carbocycles. The summed E-state index contributed by atoms with van der Waals surface area (Å²) < 4.78 is 0. The minimum Gasteiger partial charge on any atom is -0.550 e. The van der Waals surface area contributed by atoms with Crippen LogP contribution in [0, 0.1) is 0 Å². The second-order valence-corrected chi connectivity index (χ2v) is 8.19. The number of hydrogen-bond acceptors (Lipinski definition) is 2. The summed E-state index contributed by atoms with van der Waals surface area (Å²) in [4.78, 5) is 10.2. The van der Waals surface area contributed by atoms with Crippen molar-refractivity contribution in [1.29, 1.82) is 0 Å². The largest absolute Gasteiger partial charge is 2.00 e. The quantitative estimate of drug-likeness (QED) is 0.189. The molecular weight excluding hydrogens is 386 g/mol. The topological polar surface area (TPSA) is 40.1 Å². The molecule has 0 amide bonds. The van der Waals surface area contributed by atoms with Crippen molar-refractivity contribution < 1.29 is 29.4 Å². The van der Waals surface area contributed by atoms with Crippen molar-refractivity contribution in [1.82, 2.24) is 0 Å². The van der Waals surface area contributed by atoms with Gasteiger partial charge < -0.3 is 9.90 Å². The van der Waals surface area contributed by atoms with Crippen LogP contribution >= 0.6 is 0 Å². The number of carboxylic acids is 1. The van der Waals surface area contributed by atoms with Crippen LogP contribution < -0.4 is 5.11 Å². The fraction of sp³-hybridized carbons (Fsp3) is 0.958. The molecule has 1 aliphatic rings.